The van der Waals surface area contributed by atoms with Crippen LogP contribution in [-0.4, -0.2) is 44.7 Å². The molecular weight excluding hydrogens is 530 g/mol. The van der Waals surface area contributed by atoms with Crippen LogP contribution in [0.3, 0.4) is 0 Å². The van der Waals surface area contributed by atoms with Gasteiger partial charge >= 0.3 is 0 Å². The highest BCUT2D eigenvalue weighted by Crippen LogP contribution is 2.30. The topological polar surface area (TPSA) is 73.9 Å². The molecule has 1 aliphatic rings. The molecule has 6 nitrogen and oxygen atoms in total. The van der Waals surface area contributed by atoms with Gasteiger partial charge in [-0.15, -0.1) is 0 Å². The molecule has 1 fully saturated rings. The van der Waals surface area contributed by atoms with Crippen LogP contribution >= 0.6 is 15.9 Å². The fourth-order valence-corrected chi connectivity index (χ4v) is 6.15. The number of halogens is 1. The zero-order chi connectivity index (χ0) is 24.7. The third-order valence-electron chi connectivity index (χ3n) is 5.86. The lowest BCUT2D eigenvalue weighted by atomic mass is 10.1. The van der Waals surface area contributed by atoms with Crippen molar-refractivity contribution in [3.05, 3.63) is 102 Å². The summed E-state index contributed by atoms with van der Waals surface area (Å²) in [6.07, 6.45) is -0.816. The molecule has 1 N–H and O–H groups in total. The van der Waals surface area contributed by atoms with Crippen molar-refractivity contribution >= 4 is 26.0 Å². The Morgan fingerprint density at radius 2 is 1.31 bits per heavy atom. The van der Waals surface area contributed by atoms with E-state index in [1.54, 1.807) is 24.3 Å². The molecule has 1 saturated heterocycles. The second-order valence-corrected chi connectivity index (χ2v) is 11.4. The van der Waals surface area contributed by atoms with E-state index in [-0.39, 0.29) is 22.4 Å². The van der Waals surface area contributed by atoms with Gasteiger partial charge in [0.15, 0.2) is 0 Å². The molecule has 186 valence electrons. The van der Waals surface area contributed by atoms with Gasteiger partial charge in [0, 0.05) is 0 Å². The van der Waals surface area contributed by atoms with Crippen molar-refractivity contribution in [3.8, 4) is 0 Å². The monoisotopic (exact) mass is 559 g/mol. The highest BCUT2D eigenvalue weighted by molar-refractivity contribution is 9.09. The summed E-state index contributed by atoms with van der Waals surface area (Å²) in [5.41, 5.74) is 3.10. The lowest BCUT2D eigenvalue weighted by Gasteiger charge is -2.22. The second kappa shape index (κ2) is 12.3. The van der Waals surface area contributed by atoms with Gasteiger partial charge in [-0.25, -0.2) is 13.1 Å². The third kappa shape index (κ3) is 7.22. The van der Waals surface area contributed by atoms with Crippen LogP contribution in [-0.2, 0) is 37.4 Å². The summed E-state index contributed by atoms with van der Waals surface area (Å²) in [7, 11) is -3.75. The number of sulfonamides is 1. The summed E-state index contributed by atoms with van der Waals surface area (Å²) in [4.78, 5) is -0.0700. The number of nitrogens with one attached hydrogen (secondary N) is 1. The Labute approximate surface area is 215 Å². The van der Waals surface area contributed by atoms with Crippen LogP contribution in [0.5, 0.6) is 0 Å². The number of alkyl halides is 1. The van der Waals surface area contributed by atoms with E-state index in [0.717, 1.165) is 16.7 Å². The molecule has 0 amide bonds. The van der Waals surface area contributed by atoms with Gasteiger partial charge in [-0.05, 0) is 30.2 Å². The van der Waals surface area contributed by atoms with Crippen LogP contribution in [0.15, 0.2) is 89.8 Å². The normalized spacial score (nSPS) is 22.3. The van der Waals surface area contributed by atoms with Gasteiger partial charge in [0.2, 0.25) is 10.0 Å². The summed E-state index contributed by atoms with van der Waals surface area (Å²) in [5, 5.41) is 0. The number of hydrogen-bond donors (Lipinski definition) is 1. The Bertz CT molecular complexity index is 1160. The number of ether oxygens (including phenoxy) is 3. The molecule has 1 aliphatic heterocycles. The van der Waals surface area contributed by atoms with Crippen molar-refractivity contribution in [2.75, 3.05) is 13.2 Å². The molecule has 0 unspecified atom stereocenters. The summed E-state index contributed by atoms with van der Waals surface area (Å²) < 4.78 is 47.2. The van der Waals surface area contributed by atoms with Crippen molar-refractivity contribution in [3.63, 3.8) is 0 Å². The van der Waals surface area contributed by atoms with E-state index in [1.807, 2.05) is 67.6 Å². The standard InChI is InChI=1S/C27H30BrNO5S/c1-20-12-14-23(15-13-20)35(30,31)29-27-25(19-33-17-22-10-6-3-7-11-22)34-24(26(27)28)18-32-16-21-8-4-2-5-9-21/h2-15,24-27,29H,16-19H2,1H3/t24-,25-,26-,27-/m1/s1. The van der Waals surface area contributed by atoms with Gasteiger partial charge in [-0.3, -0.25) is 0 Å². The van der Waals surface area contributed by atoms with Crippen molar-refractivity contribution in [1.82, 2.24) is 4.72 Å². The van der Waals surface area contributed by atoms with E-state index < -0.39 is 22.2 Å². The van der Waals surface area contributed by atoms with Gasteiger partial charge in [0.05, 0.1) is 54.4 Å². The molecule has 8 heteroatoms. The average Bonchev–Trinajstić information content (AvgIpc) is 3.14. The van der Waals surface area contributed by atoms with E-state index in [2.05, 4.69) is 20.7 Å². The van der Waals surface area contributed by atoms with Crippen LogP contribution in [0.1, 0.15) is 16.7 Å². The third-order valence-corrected chi connectivity index (χ3v) is 8.49. The van der Waals surface area contributed by atoms with Crippen LogP contribution < -0.4 is 4.72 Å². The van der Waals surface area contributed by atoms with E-state index in [0.29, 0.717) is 19.8 Å². The van der Waals surface area contributed by atoms with Gasteiger partial charge in [-0.1, -0.05) is 94.3 Å². The predicted molar refractivity (Wildman–Crippen MR) is 139 cm³/mol. The first kappa shape index (κ1) is 26.0. The number of rotatable bonds is 11. The largest absolute Gasteiger partial charge is 0.374 e. The molecular formula is C27H30BrNO5S. The Morgan fingerprint density at radius 3 is 1.86 bits per heavy atom. The molecule has 0 radical (unpaired) electrons. The zero-order valence-electron chi connectivity index (χ0n) is 19.5. The minimum absolute atomic E-state index is 0.218. The minimum Gasteiger partial charge on any atom is -0.374 e. The zero-order valence-corrected chi connectivity index (χ0v) is 22.0. The van der Waals surface area contributed by atoms with Gasteiger partial charge in [-0.2, -0.15) is 0 Å². The maximum Gasteiger partial charge on any atom is 0.240 e. The Kier molecular flexibility index (Phi) is 9.10. The average molecular weight is 561 g/mol. The Hall–Kier alpha value is -2.07. The van der Waals surface area contributed by atoms with Crippen molar-refractivity contribution in [2.24, 2.45) is 0 Å². The summed E-state index contributed by atoms with van der Waals surface area (Å²) in [6.45, 7) is 3.36. The van der Waals surface area contributed by atoms with Crippen LogP contribution in [0, 0.1) is 6.92 Å². The molecule has 4 atom stereocenters. The van der Waals surface area contributed by atoms with Crippen LogP contribution in [0.25, 0.3) is 0 Å². The molecule has 35 heavy (non-hydrogen) atoms. The van der Waals surface area contributed by atoms with Crippen molar-refractivity contribution in [1.29, 1.82) is 0 Å². The van der Waals surface area contributed by atoms with Gasteiger partial charge in [0.25, 0.3) is 0 Å². The van der Waals surface area contributed by atoms with Crippen LogP contribution in [0.4, 0.5) is 0 Å². The van der Waals surface area contributed by atoms with Crippen molar-refractivity contribution in [2.45, 2.75) is 48.1 Å². The molecule has 0 saturated carbocycles. The fourth-order valence-electron chi connectivity index (χ4n) is 3.93. The highest BCUT2D eigenvalue weighted by Gasteiger charge is 2.45. The number of benzene rings is 3. The molecule has 1 heterocycles. The van der Waals surface area contributed by atoms with Gasteiger partial charge < -0.3 is 14.2 Å². The molecule has 3 aromatic carbocycles. The molecule has 3 aromatic rings. The summed E-state index contributed by atoms with van der Waals surface area (Å²) in [6, 6.07) is 26.0. The molecule has 0 bridgehead atoms. The fraction of sp³-hybridized carbons (Fsp3) is 0.333. The summed E-state index contributed by atoms with van der Waals surface area (Å²) in [5.74, 6) is 0. The first-order chi connectivity index (χ1) is 16.9. The maximum atomic E-state index is 13.1. The Balaban J connectivity index is 1.43. The first-order valence-electron chi connectivity index (χ1n) is 11.5. The Morgan fingerprint density at radius 1 is 0.800 bits per heavy atom. The first-order valence-corrected chi connectivity index (χ1v) is 13.9. The lowest BCUT2D eigenvalue weighted by Crippen LogP contribution is -2.47. The molecule has 4 rings (SSSR count). The maximum absolute atomic E-state index is 13.1. The van der Waals surface area contributed by atoms with Gasteiger partial charge in [0.1, 0.15) is 0 Å². The lowest BCUT2D eigenvalue weighted by molar-refractivity contribution is -0.0527. The highest BCUT2D eigenvalue weighted by atomic mass is 79.9. The van der Waals surface area contributed by atoms with Crippen molar-refractivity contribution < 1.29 is 22.6 Å². The van der Waals surface area contributed by atoms with E-state index >= 15 is 0 Å². The number of hydrogen-bond acceptors (Lipinski definition) is 5. The summed E-state index contributed by atoms with van der Waals surface area (Å²) >= 11 is 3.68. The molecule has 0 aliphatic carbocycles. The van der Waals surface area contributed by atoms with E-state index in [4.69, 9.17) is 14.2 Å². The SMILES string of the molecule is Cc1ccc(S(=O)(=O)N[C@H]2[C@H](Br)[C@@H](COCc3ccccc3)O[C@@H]2COCc2ccccc2)cc1. The smallest absolute Gasteiger partial charge is 0.240 e. The molecule has 0 spiro atoms. The van der Waals surface area contributed by atoms with Crippen LogP contribution in [0.2, 0.25) is 0 Å². The van der Waals surface area contributed by atoms with E-state index in [9.17, 15) is 8.42 Å². The quantitative estimate of drug-likeness (QED) is 0.347. The minimum atomic E-state index is -3.75. The number of aryl methyl sites for hydroxylation is 1. The second-order valence-electron chi connectivity index (χ2n) is 8.62. The predicted octanol–water partition coefficient (Wildman–Crippen LogP) is 4.61. The van der Waals surface area contributed by atoms with E-state index in [1.165, 1.54) is 0 Å². The molecule has 0 aromatic heterocycles.